The van der Waals surface area contributed by atoms with E-state index in [2.05, 4.69) is 21.2 Å². The van der Waals surface area contributed by atoms with Crippen molar-refractivity contribution in [3.8, 4) is 0 Å². The number of amides is 1. The average molecular weight is 393 g/mol. The minimum absolute atomic E-state index is 0.0432. The van der Waals surface area contributed by atoms with Gasteiger partial charge in [-0.25, -0.2) is 9.97 Å². The van der Waals surface area contributed by atoms with Crippen LogP contribution in [0.5, 0.6) is 0 Å². The van der Waals surface area contributed by atoms with Crippen LogP contribution in [-0.4, -0.2) is 40.4 Å². The van der Waals surface area contributed by atoms with Gasteiger partial charge in [-0.1, -0.05) is 12.1 Å². The monoisotopic (exact) mass is 392 g/mol. The number of hydrogen-bond acceptors (Lipinski definition) is 5. The summed E-state index contributed by atoms with van der Waals surface area (Å²) in [5, 5.41) is 2.14. The maximum absolute atomic E-state index is 13.2. The highest BCUT2D eigenvalue weighted by Gasteiger charge is 2.32. The van der Waals surface area contributed by atoms with Crippen LogP contribution in [-0.2, 0) is 17.8 Å². The molecule has 1 atom stereocenters. The molecule has 0 aliphatic carbocycles. The smallest absolute Gasteiger partial charge is 0.227 e. The number of aromatic nitrogens is 2. The molecule has 2 aliphatic rings. The quantitative estimate of drug-likeness (QED) is 0.666. The molecule has 0 spiro atoms. The van der Waals surface area contributed by atoms with E-state index in [-0.39, 0.29) is 5.92 Å². The molecule has 1 unspecified atom stereocenters. The minimum Gasteiger partial charge on any atom is -0.354 e. The van der Waals surface area contributed by atoms with E-state index in [9.17, 15) is 4.79 Å². The van der Waals surface area contributed by atoms with Gasteiger partial charge in [0.25, 0.3) is 0 Å². The highest BCUT2D eigenvalue weighted by molar-refractivity contribution is 7.10. The SMILES string of the molecule is Cc1nc2ccccc2nc1N1CCCC(C(=O)N2CCc3sccc3C2)C1. The van der Waals surface area contributed by atoms with Gasteiger partial charge in [-0.2, -0.15) is 0 Å². The molecule has 28 heavy (non-hydrogen) atoms. The van der Waals surface area contributed by atoms with Crippen LogP contribution in [0.4, 0.5) is 5.82 Å². The lowest BCUT2D eigenvalue weighted by Gasteiger charge is -2.37. The normalized spacial score (nSPS) is 19.7. The highest BCUT2D eigenvalue weighted by atomic mass is 32.1. The molecule has 6 heteroatoms. The van der Waals surface area contributed by atoms with Crippen LogP contribution in [0, 0.1) is 12.8 Å². The van der Waals surface area contributed by atoms with E-state index in [0.717, 1.165) is 68.0 Å². The minimum atomic E-state index is 0.0432. The lowest BCUT2D eigenvalue weighted by atomic mass is 9.95. The van der Waals surface area contributed by atoms with Crippen LogP contribution in [0.2, 0.25) is 0 Å². The largest absolute Gasteiger partial charge is 0.354 e. The maximum atomic E-state index is 13.2. The number of thiophene rings is 1. The summed E-state index contributed by atoms with van der Waals surface area (Å²) in [6, 6.07) is 10.2. The Morgan fingerprint density at radius 3 is 2.82 bits per heavy atom. The maximum Gasteiger partial charge on any atom is 0.227 e. The van der Waals surface area contributed by atoms with Crippen molar-refractivity contribution in [2.45, 2.75) is 32.7 Å². The van der Waals surface area contributed by atoms with Crippen LogP contribution in [0.1, 0.15) is 29.0 Å². The summed E-state index contributed by atoms with van der Waals surface area (Å²) in [6.07, 6.45) is 2.97. The predicted octanol–water partition coefficient (Wildman–Crippen LogP) is 3.80. The summed E-state index contributed by atoms with van der Waals surface area (Å²) in [5.41, 5.74) is 4.10. The summed E-state index contributed by atoms with van der Waals surface area (Å²) in [5.74, 6) is 1.27. The number of piperidine rings is 1. The van der Waals surface area contributed by atoms with E-state index in [1.807, 2.05) is 42.5 Å². The van der Waals surface area contributed by atoms with Crippen molar-refractivity contribution in [3.05, 3.63) is 51.8 Å². The third-order valence-corrected chi connectivity index (χ3v) is 6.93. The van der Waals surface area contributed by atoms with Crippen LogP contribution < -0.4 is 4.90 Å². The van der Waals surface area contributed by atoms with Crippen molar-refractivity contribution in [2.24, 2.45) is 5.92 Å². The van der Waals surface area contributed by atoms with Gasteiger partial charge in [-0.05, 0) is 55.3 Å². The first-order chi connectivity index (χ1) is 13.7. The topological polar surface area (TPSA) is 49.3 Å². The molecule has 0 bridgehead atoms. The zero-order valence-corrected chi connectivity index (χ0v) is 16.9. The predicted molar refractivity (Wildman–Crippen MR) is 113 cm³/mol. The van der Waals surface area contributed by atoms with Gasteiger partial charge in [-0.15, -0.1) is 11.3 Å². The number of aryl methyl sites for hydroxylation is 1. The molecule has 1 amide bonds. The number of carbonyl (C=O) groups excluding carboxylic acids is 1. The number of anilines is 1. The molecule has 2 aliphatic heterocycles. The zero-order chi connectivity index (χ0) is 19.1. The number of para-hydroxylation sites is 2. The molecule has 0 radical (unpaired) electrons. The number of nitrogens with zero attached hydrogens (tertiary/aromatic N) is 4. The Morgan fingerprint density at radius 1 is 1.14 bits per heavy atom. The molecule has 3 aromatic rings. The van der Waals surface area contributed by atoms with Gasteiger partial charge in [-0.3, -0.25) is 4.79 Å². The Hall–Kier alpha value is -2.47. The number of fused-ring (bicyclic) bond motifs is 2. The Kier molecular flexibility index (Phi) is 4.51. The number of carbonyl (C=O) groups is 1. The molecule has 5 rings (SSSR count). The van der Waals surface area contributed by atoms with Crippen LogP contribution >= 0.6 is 11.3 Å². The van der Waals surface area contributed by atoms with E-state index in [1.165, 1.54) is 10.4 Å². The third-order valence-electron chi connectivity index (χ3n) is 5.91. The molecule has 2 aromatic heterocycles. The summed E-state index contributed by atoms with van der Waals surface area (Å²) in [4.78, 5) is 28.6. The molecule has 0 N–H and O–H groups in total. The van der Waals surface area contributed by atoms with Gasteiger partial charge in [0.05, 0.1) is 22.6 Å². The van der Waals surface area contributed by atoms with Crippen LogP contribution in [0.15, 0.2) is 35.7 Å². The second-order valence-electron chi connectivity index (χ2n) is 7.79. The summed E-state index contributed by atoms with van der Waals surface area (Å²) >= 11 is 1.81. The van der Waals surface area contributed by atoms with Crippen LogP contribution in [0.3, 0.4) is 0 Å². The number of hydrogen-bond donors (Lipinski definition) is 0. The molecule has 1 fully saturated rings. The summed E-state index contributed by atoms with van der Waals surface area (Å²) < 4.78 is 0. The Balaban J connectivity index is 1.35. The third kappa shape index (κ3) is 3.15. The first-order valence-corrected chi connectivity index (χ1v) is 10.9. The molecule has 0 saturated carbocycles. The summed E-state index contributed by atoms with van der Waals surface area (Å²) in [7, 11) is 0. The molecule has 1 aromatic carbocycles. The first-order valence-electron chi connectivity index (χ1n) is 10.0. The van der Waals surface area contributed by atoms with Gasteiger partial charge >= 0.3 is 0 Å². The van der Waals surface area contributed by atoms with Crippen LogP contribution in [0.25, 0.3) is 11.0 Å². The molecular formula is C22H24N4OS. The van der Waals surface area contributed by atoms with Crippen molar-refractivity contribution in [3.63, 3.8) is 0 Å². The highest BCUT2D eigenvalue weighted by Crippen LogP contribution is 2.29. The lowest BCUT2D eigenvalue weighted by molar-refractivity contribution is -0.136. The standard InChI is InChI=1S/C22H24N4OS/c1-15-21(24-19-7-3-2-6-18(19)23-15)25-10-4-5-17(14-25)22(27)26-11-8-20-16(13-26)9-12-28-20/h2-3,6-7,9,12,17H,4-5,8,10-11,13-14H2,1H3. The molecular weight excluding hydrogens is 368 g/mol. The first kappa shape index (κ1) is 17.6. The van der Waals surface area contributed by atoms with Gasteiger partial charge in [0.1, 0.15) is 0 Å². The van der Waals surface area contributed by atoms with E-state index in [4.69, 9.17) is 9.97 Å². The molecule has 4 heterocycles. The van der Waals surface area contributed by atoms with Gasteiger partial charge in [0, 0.05) is 31.1 Å². The lowest BCUT2D eigenvalue weighted by Crippen LogP contribution is -2.46. The Labute approximate surface area is 169 Å². The van der Waals surface area contributed by atoms with Gasteiger partial charge < -0.3 is 9.80 Å². The van der Waals surface area contributed by atoms with Crippen molar-refractivity contribution in [2.75, 3.05) is 24.5 Å². The second-order valence-corrected chi connectivity index (χ2v) is 8.79. The summed E-state index contributed by atoms with van der Waals surface area (Å²) in [6.45, 7) is 5.30. The molecule has 1 saturated heterocycles. The van der Waals surface area contributed by atoms with E-state index < -0.39 is 0 Å². The van der Waals surface area contributed by atoms with E-state index in [0.29, 0.717) is 5.91 Å². The van der Waals surface area contributed by atoms with E-state index >= 15 is 0 Å². The molecule has 144 valence electrons. The Morgan fingerprint density at radius 2 is 1.96 bits per heavy atom. The second kappa shape index (κ2) is 7.17. The fourth-order valence-corrected chi connectivity index (χ4v) is 5.33. The fourth-order valence-electron chi connectivity index (χ4n) is 4.44. The zero-order valence-electron chi connectivity index (χ0n) is 16.1. The van der Waals surface area contributed by atoms with Gasteiger partial charge in [0.15, 0.2) is 5.82 Å². The van der Waals surface area contributed by atoms with Gasteiger partial charge in [0.2, 0.25) is 5.91 Å². The number of benzene rings is 1. The van der Waals surface area contributed by atoms with E-state index in [1.54, 1.807) is 0 Å². The Bertz CT molecular complexity index is 1030. The van der Waals surface area contributed by atoms with Crippen molar-refractivity contribution < 1.29 is 4.79 Å². The fraction of sp³-hybridized carbons (Fsp3) is 0.409. The van der Waals surface area contributed by atoms with Crippen molar-refractivity contribution in [1.29, 1.82) is 0 Å². The average Bonchev–Trinajstić information content (AvgIpc) is 3.20. The molecule has 5 nitrogen and oxygen atoms in total. The number of rotatable bonds is 2. The van der Waals surface area contributed by atoms with Crippen molar-refractivity contribution >= 4 is 34.1 Å². The van der Waals surface area contributed by atoms with Crippen molar-refractivity contribution in [1.82, 2.24) is 14.9 Å².